The van der Waals surface area contributed by atoms with E-state index in [0.717, 1.165) is 37.5 Å². The van der Waals surface area contributed by atoms with Gasteiger partial charge in [-0.25, -0.2) is 4.39 Å². The van der Waals surface area contributed by atoms with Crippen LogP contribution in [0.5, 0.6) is 0 Å². The summed E-state index contributed by atoms with van der Waals surface area (Å²) < 4.78 is 31.9. The van der Waals surface area contributed by atoms with Gasteiger partial charge in [-0.05, 0) is 61.4 Å². The van der Waals surface area contributed by atoms with Gasteiger partial charge in [0, 0.05) is 27.9 Å². The predicted octanol–water partition coefficient (Wildman–Crippen LogP) is 4.88. The summed E-state index contributed by atoms with van der Waals surface area (Å²) in [6.07, 6.45) is 7.73. The van der Waals surface area contributed by atoms with Crippen molar-refractivity contribution in [3.05, 3.63) is 90.8 Å². The highest BCUT2D eigenvalue weighted by atomic mass is 32.2. The first-order valence-corrected chi connectivity index (χ1v) is 15.3. The van der Waals surface area contributed by atoms with Gasteiger partial charge in [-0.3, -0.25) is 28.5 Å². The highest BCUT2D eigenvalue weighted by Crippen LogP contribution is 2.31. The lowest BCUT2D eigenvalue weighted by Crippen LogP contribution is -2.48. The third kappa shape index (κ3) is 7.27. The number of amides is 3. The first-order chi connectivity index (χ1) is 20.4. The van der Waals surface area contributed by atoms with Gasteiger partial charge in [0.25, 0.3) is 5.91 Å². The fraction of sp³-hybridized carbons (Fsp3) is 0.290. The maximum atomic E-state index is 13.9. The van der Waals surface area contributed by atoms with Crippen LogP contribution in [0.3, 0.4) is 0 Å². The third-order valence-corrected chi connectivity index (χ3v) is 8.25. The van der Waals surface area contributed by atoms with Crippen molar-refractivity contribution in [2.24, 2.45) is 0 Å². The van der Waals surface area contributed by atoms with Gasteiger partial charge in [-0.2, -0.15) is 0 Å². The van der Waals surface area contributed by atoms with E-state index in [9.17, 15) is 23.0 Å². The molecule has 1 saturated carbocycles. The molecule has 2 N–H and O–H groups in total. The number of pyridine rings is 1. The third-order valence-electron chi connectivity index (χ3n) is 7.10. The van der Waals surface area contributed by atoms with Crippen molar-refractivity contribution in [2.75, 3.05) is 21.7 Å². The summed E-state index contributed by atoms with van der Waals surface area (Å²) in [6.45, 7) is 0. The average Bonchev–Trinajstić information content (AvgIpc) is 3.51. The lowest BCUT2D eigenvalue weighted by Gasteiger charge is -2.32. The van der Waals surface area contributed by atoms with E-state index in [1.54, 1.807) is 18.2 Å². The SMILES string of the molecule is O=C(CS(=O)CC(=O)N(c1cnc2ccccc2c1)C(C(=O)NC1CCCCC1)c1ccco1)Nc1ccc(F)cc1. The topological polar surface area (TPSA) is 122 Å². The Balaban J connectivity index is 1.42. The molecule has 2 aromatic heterocycles. The van der Waals surface area contributed by atoms with Crippen LogP contribution in [0.1, 0.15) is 43.9 Å². The van der Waals surface area contributed by atoms with Crippen molar-refractivity contribution in [1.29, 1.82) is 0 Å². The summed E-state index contributed by atoms with van der Waals surface area (Å²) in [5.74, 6) is -2.86. The van der Waals surface area contributed by atoms with Gasteiger partial charge in [-0.1, -0.05) is 37.5 Å². The van der Waals surface area contributed by atoms with Crippen LogP contribution >= 0.6 is 0 Å². The molecule has 9 nitrogen and oxygen atoms in total. The molecule has 11 heteroatoms. The molecule has 1 aliphatic rings. The molecule has 2 atom stereocenters. The van der Waals surface area contributed by atoms with Gasteiger partial charge in [0.15, 0.2) is 6.04 Å². The quantitative estimate of drug-likeness (QED) is 0.272. The van der Waals surface area contributed by atoms with Crippen LogP contribution in [0.2, 0.25) is 0 Å². The van der Waals surface area contributed by atoms with E-state index in [2.05, 4.69) is 15.6 Å². The number of para-hydroxylation sites is 1. The molecule has 2 aromatic carbocycles. The highest BCUT2D eigenvalue weighted by Gasteiger charge is 2.37. The van der Waals surface area contributed by atoms with E-state index in [0.29, 0.717) is 16.9 Å². The molecule has 1 fully saturated rings. The second-order valence-corrected chi connectivity index (χ2v) is 11.7. The maximum Gasteiger partial charge on any atom is 0.251 e. The number of anilines is 2. The Morgan fingerprint density at radius 2 is 1.76 bits per heavy atom. The Morgan fingerprint density at radius 3 is 2.50 bits per heavy atom. The molecule has 2 unspecified atom stereocenters. The van der Waals surface area contributed by atoms with E-state index in [-0.39, 0.29) is 11.8 Å². The Hall–Kier alpha value is -4.38. The molecule has 0 saturated heterocycles. The number of halogens is 1. The molecule has 0 radical (unpaired) electrons. The summed E-state index contributed by atoms with van der Waals surface area (Å²) in [5.41, 5.74) is 1.37. The van der Waals surface area contributed by atoms with Crippen molar-refractivity contribution in [1.82, 2.24) is 10.3 Å². The molecule has 218 valence electrons. The Kier molecular flexibility index (Phi) is 9.38. The van der Waals surface area contributed by atoms with Crippen molar-refractivity contribution in [3.63, 3.8) is 0 Å². The minimum Gasteiger partial charge on any atom is -0.467 e. The van der Waals surface area contributed by atoms with Gasteiger partial charge < -0.3 is 15.1 Å². The number of carbonyl (C=O) groups excluding carboxylic acids is 3. The van der Waals surface area contributed by atoms with E-state index < -0.39 is 51.9 Å². The van der Waals surface area contributed by atoms with Crippen LogP contribution in [-0.4, -0.2) is 44.5 Å². The number of aromatic nitrogens is 1. The van der Waals surface area contributed by atoms with Gasteiger partial charge in [0.2, 0.25) is 11.8 Å². The maximum absolute atomic E-state index is 13.9. The summed E-state index contributed by atoms with van der Waals surface area (Å²) >= 11 is 0. The van der Waals surface area contributed by atoms with Gasteiger partial charge in [0.1, 0.15) is 23.1 Å². The standard InChI is InChI=1S/C31H31FN4O5S/c32-22-12-14-24(15-13-22)34-28(37)19-42(40)20-29(38)36(25-17-21-7-4-5-10-26(21)33-18-25)30(27-11-6-16-41-27)31(39)35-23-8-2-1-3-9-23/h4-7,10-18,23,30H,1-3,8-9,19-20H2,(H,34,37)(H,35,39). The number of rotatable bonds is 10. The smallest absolute Gasteiger partial charge is 0.251 e. The zero-order chi connectivity index (χ0) is 29.5. The number of carbonyl (C=O) groups is 3. The van der Waals surface area contributed by atoms with E-state index >= 15 is 0 Å². The minimum absolute atomic E-state index is 0.0281. The molecular weight excluding hydrogens is 559 g/mol. The normalized spacial score (nSPS) is 15.1. The van der Waals surface area contributed by atoms with E-state index in [1.807, 2.05) is 24.3 Å². The van der Waals surface area contributed by atoms with Gasteiger partial charge in [-0.15, -0.1) is 0 Å². The predicted molar refractivity (Wildman–Crippen MR) is 159 cm³/mol. The summed E-state index contributed by atoms with van der Waals surface area (Å²) in [4.78, 5) is 46.0. The first-order valence-electron chi connectivity index (χ1n) is 13.8. The zero-order valence-corrected chi connectivity index (χ0v) is 23.6. The van der Waals surface area contributed by atoms with Crippen molar-refractivity contribution < 1.29 is 27.4 Å². The average molecular weight is 591 g/mol. The summed E-state index contributed by atoms with van der Waals surface area (Å²) in [6, 6.07) is 16.3. The highest BCUT2D eigenvalue weighted by molar-refractivity contribution is 7.86. The second kappa shape index (κ2) is 13.5. The molecular formula is C31H31FN4O5S. The molecule has 5 rings (SSSR count). The van der Waals surface area contributed by atoms with Crippen LogP contribution in [0, 0.1) is 5.82 Å². The fourth-order valence-corrected chi connectivity index (χ4v) is 5.99. The lowest BCUT2D eigenvalue weighted by atomic mass is 9.95. The Bertz CT molecular complexity index is 1570. The largest absolute Gasteiger partial charge is 0.467 e. The van der Waals surface area contributed by atoms with Crippen LogP contribution in [-0.2, 0) is 25.2 Å². The number of hydrogen-bond donors (Lipinski definition) is 2. The molecule has 0 spiro atoms. The number of hydrogen-bond acceptors (Lipinski definition) is 6. The fourth-order valence-electron chi connectivity index (χ4n) is 5.11. The van der Waals surface area contributed by atoms with Crippen molar-refractivity contribution in [2.45, 2.75) is 44.2 Å². The molecule has 42 heavy (non-hydrogen) atoms. The molecule has 1 aliphatic carbocycles. The lowest BCUT2D eigenvalue weighted by molar-refractivity contribution is -0.127. The molecule has 0 aliphatic heterocycles. The summed E-state index contributed by atoms with van der Waals surface area (Å²) in [7, 11) is -1.92. The summed E-state index contributed by atoms with van der Waals surface area (Å²) in [5, 5.41) is 6.39. The Labute approximate surface area is 244 Å². The van der Waals surface area contributed by atoms with Crippen LogP contribution in [0.15, 0.2) is 83.6 Å². The van der Waals surface area contributed by atoms with Gasteiger partial charge in [0.05, 0.1) is 23.7 Å². The number of nitrogens with one attached hydrogen (secondary N) is 2. The van der Waals surface area contributed by atoms with E-state index in [4.69, 9.17) is 4.42 Å². The number of fused-ring (bicyclic) bond motifs is 1. The van der Waals surface area contributed by atoms with Crippen molar-refractivity contribution in [3.8, 4) is 0 Å². The molecule has 2 heterocycles. The number of benzene rings is 2. The van der Waals surface area contributed by atoms with Crippen LogP contribution in [0.4, 0.5) is 15.8 Å². The zero-order valence-electron chi connectivity index (χ0n) is 22.8. The second-order valence-electron chi connectivity index (χ2n) is 10.2. The minimum atomic E-state index is -1.92. The Morgan fingerprint density at radius 1 is 1.00 bits per heavy atom. The number of furan rings is 1. The molecule has 0 bridgehead atoms. The number of nitrogens with zero attached hydrogens (tertiary/aromatic N) is 2. The molecule has 3 amide bonds. The van der Waals surface area contributed by atoms with E-state index in [1.165, 1.54) is 41.6 Å². The van der Waals surface area contributed by atoms with Crippen molar-refractivity contribution >= 4 is 50.8 Å². The first kappa shape index (κ1) is 29.1. The molecule has 4 aromatic rings. The van der Waals surface area contributed by atoms with Crippen LogP contribution in [0.25, 0.3) is 10.9 Å². The van der Waals surface area contributed by atoms with Crippen LogP contribution < -0.4 is 15.5 Å². The van der Waals surface area contributed by atoms with Gasteiger partial charge >= 0.3 is 0 Å². The monoisotopic (exact) mass is 590 g/mol.